The fourth-order valence-corrected chi connectivity index (χ4v) is 1.84. The van der Waals surface area contributed by atoms with E-state index in [0.717, 1.165) is 11.3 Å². The number of rotatable bonds is 2. The van der Waals surface area contributed by atoms with Gasteiger partial charge in [-0.1, -0.05) is 12.1 Å². The monoisotopic (exact) mass is 247 g/mol. The van der Waals surface area contributed by atoms with Gasteiger partial charge in [0.25, 0.3) is 0 Å². The number of nitriles is 2. The molecule has 3 heteroatoms. The maximum atomic E-state index is 9.12. The van der Waals surface area contributed by atoms with Gasteiger partial charge in [0.1, 0.15) is 12.1 Å². The first-order valence-corrected chi connectivity index (χ1v) is 5.93. The van der Waals surface area contributed by atoms with Gasteiger partial charge in [-0.05, 0) is 49.2 Å². The number of para-hydroxylation sites is 1. The molecule has 2 rings (SSSR count). The number of hydrogen-bond acceptors (Lipinski definition) is 3. The largest absolute Gasteiger partial charge is 0.353 e. The van der Waals surface area contributed by atoms with E-state index in [4.69, 9.17) is 10.5 Å². The van der Waals surface area contributed by atoms with Crippen LogP contribution in [0.25, 0.3) is 0 Å². The first kappa shape index (κ1) is 12.7. The molecule has 0 unspecified atom stereocenters. The summed E-state index contributed by atoms with van der Waals surface area (Å²) >= 11 is 0. The quantitative estimate of drug-likeness (QED) is 0.878. The maximum absolute atomic E-state index is 9.12. The molecule has 2 aromatic carbocycles. The molecule has 0 saturated heterocycles. The Morgan fingerprint density at radius 3 is 2.05 bits per heavy atom. The zero-order valence-corrected chi connectivity index (χ0v) is 10.9. The molecule has 19 heavy (non-hydrogen) atoms. The van der Waals surface area contributed by atoms with Crippen molar-refractivity contribution in [3.8, 4) is 12.1 Å². The molecule has 1 N–H and O–H groups in total. The van der Waals surface area contributed by atoms with Gasteiger partial charge in [0, 0.05) is 5.69 Å². The highest BCUT2D eigenvalue weighted by molar-refractivity contribution is 5.73. The third kappa shape index (κ3) is 2.56. The number of anilines is 2. The Hall–Kier alpha value is -2.78. The van der Waals surface area contributed by atoms with E-state index in [0.29, 0.717) is 16.8 Å². The summed E-state index contributed by atoms with van der Waals surface area (Å²) in [5.41, 5.74) is 4.75. The summed E-state index contributed by atoms with van der Waals surface area (Å²) in [5, 5.41) is 21.4. The molecule has 0 aromatic heterocycles. The average molecular weight is 247 g/mol. The predicted molar refractivity (Wildman–Crippen MR) is 75.1 cm³/mol. The highest BCUT2D eigenvalue weighted by Crippen LogP contribution is 2.25. The van der Waals surface area contributed by atoms with Gasteiger partial charge in [-0.3, -0.25) is 0 Å². The number of nitrogens with one attached hydrogen (secondary N) is 1. The third-order valence-corrected chi connectivity index (χ3v) is 3.08. The topological polar surface area (TPSA) is 59.6 Å². The Bertz CT molecular complexity index is 671. The van der Waals surface area contributed by atoms with Crippen LogP contribution in [0, 0.1) is 36.5 Å². The van der Waals surface area contributed by atoms with Crippen molar-refractivity contribution < 1.29 is 0 Å². The van der Waals surface area contributed by atoms with E-state index >= 15 is 0 Å². The van der Waals surface area contributed by atoms with Crippen LogP contribution < -0.4 is 5.32 Å². The molecule has 0 bridgehead atoms. The van der Waals surface area contributed by atoms with Crippen LogP contribution in [-0.2, 0) is 0 Å². The first-order valence-electron chi connectivity index (χ1n) is 5.93. The average Bonchev–Trinajstić information content (AvgIpc) is 2.43. The van der Waals surface area contributed by atoms with Crippen LogP contribution in [0.15, 0.2) is 36.4 Å². The Labute approximate surface area is 112 Å². The molecule has 0 atom stereocenters. The molecule has 0 aliphatic heterocycles. The molecule has 0 heterocycles. The van der Waals surface area contributed by atoms with Crippen molar-refractivity contribution in [2.24, 2.45) is 0 Å². The Morgan fingerprint density at radius 2 is 1.53 bits per heavy atom. The third-order valence-electron chi connectivity index (χ3n) is 3.08. The zero-order valence-electron chi connectivity index (χ0n) is 10.9. The van der Waals surface area contributed by atoms with Crippen LogP contribution in [0.3, 0.4) is 0 Å². The molecule has 92 valence electrons. The number of aryl methyl sites for hydroxylation is 2. The second-order valence-electron chi connectivity index (χ2n) is 4.38. The molecule has 3 nitrogen and oxygen atoms in total. The molecule has 0 spiro atoms. The van der Waals surface area contributed by atoms with Crippen molar-refractivity contribution in [3.05, 3.63) is 58.7 Å². The normalized spacial score (nSPS) is 9.47. The van der Waals surface area contributed by atoms with Crippen LogP contribution in [0.2, 0.25) is 0 Å². The summed E-state index contributed by atoms with van der Waals surface area (Å²) in [5.74, 6) is 0. The van der Waals surface area contributed by atoms with Gasteiger partial charge in [-0.15, -0.1) is 0 Å². The van der Waals surface area contributed by atoms with Gasteiger partial charge in [-0.25, -0.2) is 0 Å². The minimum atomic E-state index is 0.470. The summed E-state index contributed by atoms with van der Waals surface area (Å²) in [4.78, 5) is 0. The van der Waals surface area contributed by atoms with Crippen LogP contribution in [0.5, 0.6) is 0 Å². The first-order chi connectivity index (χ1) is 9.15. The summed E-state index contributed by atoms with van der Waals surface area (Å²) in [6.45, 7) is 4.07. The fraction of sp³-hybridized carbons (Fsp3) is 0.125. The van der Waals surface area contributed by atoms with Gasteiger partial charge in [-0.2, -0.15) is 10.5 Å². The van der Waals surface area contributed by atoms with Crippen molar-refractivity contribution in [2.75, 3.05) is 5.32 Å². The summed E-state index contributed by atoms with van der Waals surface area (Å²) in [6.07, 6.45) is 0. The van der Waals surface area contributed by atoms with Crippen molar-refractivity contribution >= 4 is 11.4 Å². The number of hydrogen-bond donors (Lipinski definition) is 1. The van der Waals surface area contributed by atoms with Crippen molar-refractivity contribution in [2.45, 2.75) is 13.8 Å². The Kier molecular flexibility index (Phi) is 3.50. The Balaban J connectivity index is 2.46. The highest BCUT2D eigenvalue weighted by Gasteiger charge is 2.08. The van der Waals surface area contributed by atoms with Crippen LogP contribution >= 0.6 is 0 Å². The summed E-state index contributed by atoms with van der Waals surface area (Å²) in [7, 11) is 0. The lowest BCUT2D eigenvalue weighted by Crippen LogP contribution is -1.97. The molecular formula is C16H13N3. The van der Waals surface area contributed by atoms with Gasteiger partial charge in [0.2, 0.25) is 0 Å². The fourth-order valence-electron chi connectivity index (χ4n) is 1.84. The SMILES string of the molecule is Cc1ccc(Nc2c(C#N)cccc2C#N)cc1C. The second-order valence-corrected chi connectivity index (χ2v) is 4.38. The van der Waals surface area contributed by atoms with Crippen LogP contribution in [0.4, 0.5) is 11.4 Å². The second kappa shape index (κ2) is 5.25. The van der Waals surface area contributed by atoms with Gasteiger partial charge < -0.3 is 5.32 Å². The van der Waals surface area contributed by atoms with Crippen molar-refractivity contribution in [1.82, 2.24) is 0 Å². The molecule has 0 aliphatic carbocycles. The standard InChI is InChI=1S/C16H13N3/c1-11-6-7-15(8-12(11)2)19-16-13(9-17)4-3-5-14(16)10-18/h3-8,19H,1-2H3. The molecule has 0 fully saturated rings. The van der Waals surface area contributed by atoms with E-state index < -0.39 is 0 Å². The lowest BCUT2D eigenvalue weighted by molar-refractivity contribution is 1.33. The molecule has 0 radical (unpaired) electrons. The number of benzene rings is 2. The van der Waals surface area contributed by atoms with E-state index in [1.165, 1.54) is 5.56 Å². The summed E-state index contributed by atoms with van der Waals surface area (Å²) in [6, 6.07) is 15.3. The smallest absolute Gasteiger partial charge is 0.101 e. The molecular weight excluding hydrogens is 234 g/mol. The van der Waals surface area contributed by atoms with E-state index in [-0.39, 0.29) is 0 Å². The highest BCUT2D eigenvalue weighted by atomic mass is 14.9. The lowest BCUT2D eigenvalue weighted by atomic mass is 10.1. The molecule has 0 saturated carbocycles. The molecule has 0 amide bonds. The van der Waals surface area contributed by atoms with Crippen molar-refractivity contribution in [1.29, 1.82) is 10.5 Å². The van der Waals surface area contributed by atoms with Gasteiger partial charge in [0.05, 0.1) is 16.8 Å². The minimum Gasteiger partial charge on any atom is -0.353 e. The van der Waals surface area contributed by atoms with Crippen LogP contribution in [0.1, 0.15) is 22.3 Å². The molecule has 0 aliphatic rings. The van der Waals surface area contributed by atoms with Gasteiger partial charge >= 0.3 is 0 Å². The maximum Gasteiger partial charge on any atom is 0.101 e. The van der Waals surface area contributed by atoms with Crippen molar-refractivity contribution in [3.63, 3.8) is 0 Å². The van der Waals surface area contributed by atoms with E-state index in [2.05, 4.69) is 17.5 Å². The Morgan fingerprint density at radius 1 is 0.895 bits per heavy atom. The number of nitrogens with zero attached hydrogens (tertiary/aromatic N) is 2. The van der Waals surface area contributed by atoms with E-state index in [1.54, 1.807) is 18.2 Å². The van der Waals surface area contributed by atoms with E-state index in [1.807, 2.05) is 32.0 Å². The van der Waals surface area contributed by atoms with Gasteiger partial charge in [0.15, 0.2) is 0 Å². The van der Waals surface area contributed by atoms with E-state index in [9.17, 15) is 0 Å². The van der Waals surface area contributed by atoms with Crippen LogP contribution in [-0.4, -0.2) is 0 Å². The minimum absolute atomic E-state index is 0.470. The molecule has 2 aromatic rings. The lowest BCUT2D eigenvalue weighted by Gasteiger charge is -2.11. The predicted octanol–water partition coefficient (Wildman–Crippen LogP) is 3.79. The summed E-state index contributed by atoms with van der Waals surface area (Å²) < 4.78 is 0. The zero-order chi connectivity index (χ0) is 13.8.